The lowest BCUT2D eigenvalue weighted by atomic mass is 9.92. The minimum Gasteiger partial charge on any atom is -0.398 e. The van der Waals surface area contributed by atoms with Crippen molar-refractivity contribution in [2.45, 2.75) is 94.9 Å². The maximum absolute atomic E-state index is 7.72. The molecule has 0 saturated carbocycles. The number of aryl methyl sites for hydroxylation is 2. The van der Waals surface area contributed by atoms with E-state index in [9.17, 15) is 0 Å². The summed E-state index contributed by atoms with van der Waals surface area (Å²) in [7, 11) is 4.07. The van der Waals surface area contributed by atoms with Crippen LogP contribution in [0.1, 0.15) is 99.9 Å². The molecule has 1 aromatic heterocycles. The SMILES string of the molecule is CN(C)c1ccccc1.Cc1ccccc1/C(Cl)=N/N=C(\Cl)c1ccccc1.[C-]#[N+]c1cc(CC(C)C)c(-n2c(-c3ccccc3)nnc2-c2ccccc2C)c(CC(C)C)c1.[C-]#[N+]c1cc(CC(C)C)c(N)c(CC(C)C)c1. The van der Waals surface area contributed by atoms with E-state index in [1.165, 1.54) is 16.8 Å². The van der Waals surface area contributed by atoms with Crippen molar-refractivity contribution in [3.8, 4) is 28.5 Å². The molecule has 11 heteroatoms. The summed E-state index contributed by atoms with van der Waals surface area (Å²) in [5, 5.41) is 18.0. The van der Waals surface area contributed by atoms with Gasteiger partial charge in [0.2, 0.25) is 0 Å². The predicted molar refractivity (Wildman–Crippen MR) is 338 cm³/mol. The number of benzene rings is 7. The van der Waals surface area contributed by atoms with Crippen LogP contribution in [-0.2, 0) is 25.7 Å². The molecule has 2 N–H and O–H groups in total. The normalized spacial score (nSPS) is 11.2. The molecule has 0 bridgehead atoms. The molecule has 0 unspecified atom stereocenters. The van der Waals surface area contributed by atoms with Crippen LogP contribution in [0, 0.1) is 50.7 Å². The summed E-state index contributed by atoms with van der Waals surface area (Å²) in [6.07, 6.45) is 3.65. The molecule has 408 valence electrons. The number of anilines is 2. The molecule has 79 heavy (non-hydrogen) atoms. The summed E-state index contributed by atoms with van der Waals surface area (Å²) >= 11 is 12.2. The quantitative estimate of drug-likeness (QED) is 0.0479. The zero-order valence-corrected chi connectivity index (χ0v) is 49.6. The van der Waals surface area contributed by atoms with Crippen LogP contribution >= 0.6 is 23.2 Å². The number of rotatable bonds is 15. The first-order chi connectivity index (χ1) is 37.8. The van der Waals surface area contributed by atoms with Crippen LogP contribution < -0.4 is 10.6 Å². The van der Waals surface area contributed by atoms with Gasteiger partial charge in [-0.1, -0.05) is 230 Å². The fourth-order valence-electron chi connectivity index (χ4n) is 8.90. The third-order valence-corrected chi connectivity index (χ3v) is 13.1. The fourth-order valence-corrected chi connectivity index (χ4v) is 9.31. The highest BCUT2D eigenvalue weighted by atomic mass is 35.5. The van der Waals surface area contributed by atoms with Crippen LogP contribution in [0.3, 0.4) is 0 Å². The van der Waals surface area contributed by atoms with E-state index in [1.807, 2.05) is 124 Å². The minimum absolute atomic E-state index is 0.312. The van der Waals surface area contributed by atoms with Gasteiger partial charge < -0.3 is 10.6 Å². The van der Waals surface area contributed by atoms with E-state index in [1.54, 1.807) is 0 Å². The van der Waals surface area contributed by atoms with Gasteiger partial charge in [0, 0.05) is 47.7 Å². The molecule has 1 heterocycles. The smallest absolute Gasteiger partial charge is 0.187 e. The van der Waals surface area contributed by atoms with Gasteiger partial charge in [-0.25, -0.2) is 9.69 Å². The van der Waals surface area contributed by atoms with E-state index >= 15 is 0 Å². The number of aromatic nitrogens is 3. The second-order valence-corrected chi connectivity index (χ2v) is 22.2. The topological polar surface area (TPSA) is 93.4 Å². The number of hydrogen-bond acceptors (Lipinski definition) is 6. The van der Waals surface area contributed by atoms with E-state index in [-0.39, 0.29) is 0 Å². The molecule has 0 aliphatic carbocycles. The van der Waals surface area contributed by atoms with Crippen LogP contribution in [0.15, 0.2) is 174 Å². The number of nitrogen functional groups attached to an aromatic ring is 1. The Kier molecular flexibility index (Phi) is 24.3. The number of para-hydroxylation sites is 1. The summed E-state index contributed by atoms with van der Waals surface area (Å²) in [4.78, 5) is 9.44. The maximum atomic E-state index is 7.72. The minimum atomic E-state index is 0.312. The highest BCUT2D eigenvalue weighted by molar-refractivity contribution is 6.71. The average Bonchev–Trinajstić information content (AvgIpc) is 4.07. The van der Waals surface area contributed by atoms with Crippen molar-refractivity contribution in [2.75, 3.05) is 24.7 Å². The Bertz CT molecular complexity index is 3280. The highest BCUT2D eigenvalue weighted by Gasteiger charge is 2.24. The van der Waals surface area contributed by atoms with E-state index in [2.05, 4.69) is 152 Å². The first-order valence-corrected chi connectivity index (χ1v) is 27.8. The molecule has 7 aromatic carbocycles. The molecule has 8 aromatic rings. The van der Waals surface area contributed by atoms with Crippen molar-refractivity contribution in [1.82, 2.24) is 14.8 Å². The van der Waals surface area contributed by atoms with Gasteiger partial charge in [-0.3, -0.25) is 4.57 Å². The lowest BCUT2D eigenvalue weighted by Crippen LogP contribution is -2.11. The van der Waals surface area contributed by atoms with E-state index < -0.39 is 0 Å². The van der Waals surface area contributed by atoms with E-state index in [4.69, 9.17) is 52.3 Å². The van der Waals surface area contributed by atoms with Crippen LogP contribution in [-0.4, -0.2) is 39.2 Å². The molecular weight excluding hydrogens is 1010 g/mol. The maximum Gasteiger partial charge on any atom is 0.187 e. The number of hydrogen-bond donors (Lipinski definition) is 1. The Morgan fingerprint density at radius 3 is 1.39 bits per heavy atom. The third kappa shape index (κ3) is 18.7. The van der Waals surface area contributed by atoms with Gasteiger partial charge in [0.05, 0.1) is 18.8 Å². The highest BCUT2D eigenvalue weighted by Crippen LogP contribution is 2.37. The van der Waals surface area contributed by atoms with Crippen molar-refractivity contribution in [3.05, 3.63) is 231 Å². The zero-order chi connectivity index (χ0) is 57.6. The monoisotopic (exact) mass is 1090 g/mol. The van der Waals surface area contributed by atoms with E-state index in [0.717, 1.165) is 93.2 Å². The molecular formula is C68H77Cl2N9. The molecule has 0 aliphatic heterocycles. The summed E-state index contributed by atoms with van der Waals surface area (Å²) < 4.78 is 2.24. The Morgan fingerprint density at radius 1 is 0.532 bits per heavy atom. The third-order valence-electron chi connectivity index (χ3n) is 12.5. The van der Waals surface area contributed by atoms with Gasteiger partial charge >= 0.3 is 0 Å². The van der Waals surface area contributed by atoms with Crippen LogP contribution in [0.4, 0.5) is 22.7 Å². The molecule has 0 radical (unpaired) electrons. The summed E-state index contributed by atoms with van der Waals surface area (Å²) in [6.45, 7) is 36.6. The zero-order valence-electron chi connectivity index (χ0n) is 48.1. The second-order valence-electron chi connectivity index (χ2n) is 21.5. The molecule has 0 aliphatic rings. The molecule has 0 spiro atoms. The van der Waals surface area contributed by atoms with Crippen molar-refractivity contribution in [3.63, 3.8) is 0 Å². The lowest BCUT2D eigenvalue weighted by Gasteiger charge is -2.22. The summed E-state index contributed by atoms with van der Waals surface area (Å²) in [5.74, 6) is 3.68. The van der Waals surface area contributed by atoms with Gasteiger partial charge in [0.15, 0.2) is 33.4 Å². The van der Waals surface area contributed by atoms with Crippen molar-refractivity contribution >= 4 is 56.3 Å². The number of nitrogens with two attached hydrogens (primary N) is 1. The summed E-state index contributed by atoms with van der Waals surface area (Å²) in [6, 6.07) is 54.0. The predicted octanol–water partition coefficient (Wildman–Crippen LogP) is 18.4. The summed E-state index contributed by atoms with van der Waals surface area (Å²) in [5.41, 5.74) is 21.4. The molecule has 0 saturated heterocycles. The standard InChI is InChI=1S/C30H32N4.C15H12Cl2N2.C15H22N2.C8H11N/c1-20(2)16-24-18-26(31-6)19-25(17-21(3)4)28(24)34-29(23-13-8-7-9-14-23)32-33-30(34)27-15-11-10-12-22(27)5;1-11-7-5-6-10-13(11)15(17)19-18-14(16)12-8-3-2-4-9-12;1-10(2)6-12-8-14(17-5)9-13(15(12)16)7-11(3)4;1-9(2)8-6-4-3-5-7-8/h7-15,18-21H,16-17H2,1-5H3;2-10H,1H3;8-11H,6-7,16H2,1-4H3;3-7H,1-2H3/b;18-14-,19-15-;;. The van der Waals surface area contributed by atoms with Crippen molar-refractivity contribution in [2.24, 2.45) is 33.9 Å². The van der Waals surface area contributed by atoms with Gasteiger partial charge in [-0.2, -0.15) is 0 Å². The fraction of sp³-hybridized carbons (Fsp3) is 0.294. The lowest BCUT2D eigenvalue weighted by molar-refractivity contribution is 0.632. The van der Waals surface area contributed by atoms with E-state index in [0.29, 0.717) is 45.4 Å². The Morgan fingerprint density at radius 2 is 0.937 bits per heavy atom. The number of halogens is 2. The van der Waals surface area contributed by atoms with Crippen LogP contribution in [0.5, 0.6) is 0 Å². The van der Waals surface area contributed by atoms with Gasteiger partial charge in [0.1, 0.15) is 0 Å². The van der Waals surface area contributed by atoms with Crippen LogP contribution in [0.2, 0.25) is 0 Å². The molecule has 8 rings (SSSR count). The molecule has 0 amide bonds. The Balaban J connectivity index is 0.000000216. The van der Waals surface area contributed by atoms with Crippen LogP contribution in [0.25, 0.3) is 38.2 Å². The van der Waals surface area contributed by atoms with Gasteiger partial charge in [-0.15, -0.1) is 20.4 Å². The second kappa shape index (κ2) is 30.9. The largest absolute Gasteiger partial charge is 0.398 e. The first-order valence-electron chi connectivity index (χ1n) is 27.0. The van der Waals surface area contributed by atoms with Gasteiger partial charge in [-0.05, 0) is 109 Å². The average molecular weight is 1090 g/mol. The molecule has 9 nitrogen and oxygen atoms in total. The molecule has 0 fully saturated rings. The van der Waals surface area contributed by atoms with Crippen molar-refractivity contribution < 1.29 is 0 Å². The van der Waals surface area contributed by atoms with Gasteiger partial charge in [0.25, 0.3) is 0 Å². The molecule has 0 atom stereocenters. The first kappa shape index (κ1) is 62.0. The number of nitrogens with zero attached hydrogens (tertiary/aromatic N) is 8. The Labute approximate surface area is 481 Å². The van der Waals surface area contributed by atoms with Crippen molar-refractivity contribution in [1.29, 1.82) is 0 Å². The Hall–Kier alpha value is -7.82.